The summed E-state index contributed by atoms with van der Waals surface area (Å²) >= 11 is 0. The molecule has 0 amide bonds. The number of hydrogen-bond acceptors (Lipinski definition) is 2. The molecule has 45 heavy (non-hydrogen) atoms. The number of unbranched alkanes of at least 4 members (excludes halogenated alkanes) is 2. The Morgan fingerprint density at radius 2 is 1.27 bits per heavy atom. The fraction of sp³-hybridized carbons (Fsp3) is 0.219. The second-order valence-electron chi connectivity index (χ2n) is 9.77. The van der Waals surface area contributed by atoms with Gasteiger partial charge in [0.05, 0.1) is 5.56 Å². The number of aromatic nitrogens is 1. The molecule has 0 aliphatic rings. The smallest absolute Gasteiger partial charge is 0.429 e. The number of alkyl halides is 5. The second kappa shape index (κ2) is 13.2. The Bertz CT molecular complexity index is 1700. The van der Waals surface area contributed by atoms with Crippen LogP contribution in [0.15, 0.2) is 54.7 Å². The van der Waals surface area contributed by atoms with Crippen molar-refractivity contribution >= 4 is 0 Å². The third-order valence-electron chi connectivity index (χ3n) is 6.44. The number of nitrogens with zero attached hydrogens (tertiary/aromatic N) is 1. The van der Waals surface area contributed by atoms with E-state index in [0.717, 1.165) is 31.2 Å². The van der Waals surface area contributed by atoms with Crippen molar-refractivity contribution in [3.05, 3.63) is 118 Å². The van der Waals surface area contributed by atoms with Gasteiger partial charge in [-0.2, -0.15) is 22.0 Å². The molecule has 2 nitrogen and oxygen atoms in total. The summed E-state index contributed by atoms with van der Waals surface area (Å²) in [5.74, 6) is -7.90. The number of rotatable bonds is 8. The molecule has 4 rings (SSSR count). The fourth-order valence-corrected chi connectivity index (χ4v) is 4.36. The van der Waals surface area contributed by atoms with E-state index in [4.69, 9.17) is 0 Å². The monoisotopic (exact) mass is 643 g/mol. The van der Waals surface area contributed by atoms with Gasteiger partial charge >= 0.3 is 12.3 Å². The van der Waals surface area contributed by atoms with Crippen molar-refractivity contribution in [3.8, 4) is 28.7 Å². The number of pyridine rings is 1. The Hall–Kier alpha value is -4.60. The topological polar surface area (TPSA) is 22.1 Å². The number of ether oxygens (including phenoxy) is 1. The molecule has 0 bridgehead atoms. The van der Waals surface area contributed by atoms with Crippen LogP contribution < -0.4 is 4.74 Å². The Morgan fingerprint density at radius 1 is 0.689 bits per heavy atom. The number of aryl methyl sites for hydroxylation is 1. The molecule has 1 aromatic heterocycles. The van der Waals surface area contributed by atoms with Gasteiger partial charge in [0.25, 0.3) is 0 Å². The molecule has 0 radical (unpaired) electrons. The lowest BCUT2D eigenvalue weighted by Gasteiger charge is -2.20. The van der Waals surface area contributed by atoms with Crippen LogP contribution in [0.4, 0.5) is 48.3 Å². The highest BCUT2D eigenvalue weighted by Gasteiger charge is 2.42. The summed E-state index contributed by atoms with van der Waals surface area (Å²) in [5.41, 5.74) is -5.65. The predicted octanol–water partition coefficient (Wildman–Crippen LogP) is 9.86. The van der Waals surface area contributed by atoms with Crippen LogP contribution in [-0.2, 0) is 18.7 Å². The van der Waals surface area contributed by atoms with Gasteiger partial charge in [0.1, 0.15) is 57.5 Å². The molecule has 0 saturated heterocycles. The van der Waals surface area contributed by atoms with Gasteiger partial charge in [-0.15, -0.1) is 0 Å². The van der Waals surface area contributed by atoms with Crippen LogP contribution >= 0.6 is 0 Å². The third kappa shape index (κ3) is 7.74. The van der Waals surface area contributed by atoms with Crippen LogP contribution in [0.25, 0.3) is 11.1 Å². The van der Waals surface area contributed by atoms with Gasteiger partial charge in [-0.05, 0) is 60.2 Å². The Balaban J connectivity index is 1.56. The minimum absolute atomic E-state index is 0.00251. The van der Waals surface area contributed by atoms with Crippen LogP contribution in [0, 0.1) is 46.7 Å². The molecule has 3 aromatic carbocycles. The fourth-order valence-electron chi connectivity index (χ4n) is 4.36. The predicted molar refractivity (Wildman–Crippen MR) is 141 cm³/mol. The van der Waals surface area contributed by atoms with E-state index in [1.54, 1.807) is 18.3 Å². The van der Waals surface area contributed by atoms with Crippen LogP contribution in [0.1, 0.15) is 54.1 Å². The molecule has 0 saturated carbocycles. The molecule has 13 heteroatoms. The van der Waals surface area contributed by atoms with E-state index >= 15 is 0 Å². The number of benzene rings is 3. The largest absolute Gasteiger partial charge is 0.432 e. The first-order valence-corrected chi connectivity index (χ1v) is 13.2. The maximum atomic E-state index is 14.8. The van der Waals surface area contributed by atoms with Crippen LogP contribution in [-0.4, -0.2) is 4.98 Å². The zero-order valence-electron chi connectivity index (χ0n) is 23.0. The van der Waals surface area contributed by atoms with E-state index in [2.05, 4.69) is 28.5 Å². The van der Waals surface area contributed by atoms with Crippen molar-refractivity contribution in [2.45, 2.75) is 44.9 Å². The molecular weight excluding hydrogens is 623 g/mol. The molecule has 4 aromatic rings. The minimum atomic E-state index is -5.46. The lowest BCUT2D eigenvalue weighted by Crippen LogP contribution is -2.25. The lowest BCUT2D eigenvalue weighted by molar-refractivity contribution is -0.189. The first-order chi connectivity index (χ1) is 21.1. The summed E-state index contributed by atoms with van der Waals surface area (Å²) in [6.07, 6.45) is -4.82. The average Bonchev–Trinajstić information content (AvgIpc) is 2.90. The SMILES string of the molecule is CCCCCc1ccc(C#Cc2cc(F)c(C(F)(F)Oc3cc(F)c(-c4cc(F)c(C(F)(F)F)c(F)c4)c(F)c3)c(F)c2)nc1. The Kier molecular flexibility index (Phi) is 9.75. The number of hydrogen-bond donors (Lipinski definition) is 0. The van der Waals surface area contributed by atoms with Gasteiger partial charge in [-0.1, -0.05) is 31.8 Å². The molecule has 0 N–H and O–H groups in total. The summed E-state index contributed by atoms with van der Waals surface area (Å²) in [6.45, 7) is 2.07. The standard InChI is InChI=1S/C32H20F11NO/c1-2-3-4-5-17-6-8-20(44-16-17)9-7-18-10-24(35)30(25(36)11-18)32(42,43)45-21-14-22(33)28(23(34)15-21)19-12-26(37)29(27(38)13-19)31(39,40)41/h6,8,10-16H,2-5H2,1H3. The van der Waals surface area contributed by atoms with Crippen molar-refractivity contribution < 1.29 is 53.0 Å². The highest BCUT2D eigenvalue weighted by molar-refractivity contribution is 5.66. The average molecular weight is 643 g/mol. The van der Waals surface area contributed by atoms with Crippen molar-refractivity contribution in [2.75, 3.05) is 0 Å². The van der Waals surface area contributed by atoms with Crippen LogP contribution in [0.2, 0.25) is 0 Å². The molecule has 0 spiro atoms. The van der Waals surface area contributed by atoms with Gasteiger partial charge in [0.15, 0.2) is 0 Å². The highest BCUT2D eigenvalue weighted by atomic mass is 19.4. The number of halogens is 11. The van der Waals surface area contributed by atoms with E-state index < -0.39 is 75.2 Å². The van der Waals surface area contributed by atoms with Gasteiger partial charge in [-0.3, -0.25) is 0 Å². The Morgan fingerprint density at radius 3 is 1.78 bits per heavy atom. The van der Waals surface area contributed by atoms with E-state index in [0.29, 0.717) is 12.1 Å². The normalized spacial score (nSPS) is 11.7. The van der Waals surface area contributed by atoms with E-state index in [-0.39, 0.29) is 35.5 Å². The summed E-state index contributed by atoms with van der Waals surface area (Å²) in [7, 11) is 0. The molecule has 0 aliphatic heterocycles. The molecule has 0 aliphatic carbocycles. The molecule has 0 fully saturated rings. The third-order valence-corrected chi connectivity index (χ3v) is 6.44. The van der Waals surface area contributed by atoms with Crippen LogP contribution in [0.5, 0.6) is 5.75 Å². The highest BCUT2D eigenvalue weighted by Crippen LogP contribution is 2.40. The van der Waals surface area contributed by atoms with Gasteiger partial charge < -0.3 is 4.74 Å². The summed E-state index contributed by atoms with van der Waals surface area (Å²) < 4.78 is 159. The summed E-state index contributed by atoms with van der Waals surface area (Å²) in [5, 5.41) is 0. The van der Waals surface area contributed by atoms with Crippen molar-refractivity contribution in [2.24, 2.45) is 0 Å². The van der Waals surface area contributed by atoms with E-state index in [9.17, 15) is 48.3 Å². The molecule has 0 atom stereocenters. The van der Waals surface area contributed by atoms with Crippen molar-refractivity contribution in [3.63, 3.8) is 0 Å². The van der Waals surface area contributed by atoms with E-state index in [1.165, 1.54) is 0 Å². The molecule has 236 valence electrons. The molecule has 0 unspecified atom stereocenters. The first kappa shape index (κ1) is 33.3. The molecular formula is C32H20F11NO. The van der Waals surface area contributed by atoms with E-state index in [1.807, 2.05) is 0 Å². The maximum absolute atomic E-state index is 14.8. The second-order valence-corrected chi connectivity index (χ2v) is 9.77. The van der Waals surface area contributed by atoms with Crippen molar-refractivity contribution in [1.82, 2.24) is 4.98 Å². The molecule has 1 heterocycles. The summed E-state index contributed by atoms with van der Waals surface area (Å²) in [6, 6.07) is 4.53. The maximum Gasteiger partial charge on any atom is 0.432 e. The van der Waals surface area contributed by atoms with Gasteiger partial charge in [0, 0.05) is 23.9 Å². The zero-order valence-corrected chi connectivity index (χ0v) is 23.0. The summed E-state index contributed by atoms with van der Waals surface area (Å²) in [4.78, 5) is 4.14. The lowest BCUT2D eigenvalue weighted by atomic mass is 10.0. The van der Waals surface area contributed by atoms with Gasteiger partial charge in [0.2, 0.25) is 0 Å². The Labute approximate surface area is 249 Å². The zero-order chi connectivity index (χ0) is 33.1. The first-order valence-electron chi connectivity index (χ1n) is 13.2. The van der Waals surface area contributed by atoms with Crippen LogP contribution in [0.3, 0.4) is 0 Å². The quantitative estimate of drug-likeness (QED) is 0.108. The minimum Gasteiger partial charge on any atom is -0.429 e. The van der Waals surface area contributed by atoms with Gasteiger partial charge in [-0.25, -0.2) is 31.3 Å². The van der Waals surface area contributed by atoms with Crippen molar-refractivity contribution in [1.29, 1.82) is 0 Å².